The molecule has 2 N–H and O–H groups in total. The van der Waals surface area contributed by atoms with Gasteiger partial charge in [0.25, 0.3) is 0 Å². The summed E-state index contributed by atoms with van der Waals surface area (Å²) >= 11 is 0. The zero-order valence-electron chi connectivity index (χ0n) is 10.1. The van der Waals surface area contributed by atoms with E-state index in [0.29, 0.717) is 11.6 Å². The molecule has 0 aliphatic carbocycles. The van der Waals surface area contributed by atoms with Crippen LogP contribution >= 0.6 is 0 Å². The summed E-state index contributed by atoms with van der Waals surface area (Å²) in [5, 5.41) is 10.1. The average molecular weight is 219 g/mol. The fourth-order valence-corrected chi connectivity index (χ4v) is 1.71. The van der Waals surface area contributed by atoms with Gasteiger partial charge in [0.2, 0.25) is 0 Å². The van der Waals surface area contributed by atoms with E-state index >= 15 is 0 Å². The number of hydrogen-bond acceptors (Lipinski definition) is 3. The number of fused-ring (bicyclic) bond motifs is 1. The Morgan fingerprint density at radius 2 is 2.06 bits per heavy atom. The second-order valence-corrected chi connectivity index (χ2v) is 4.89. The summed E-state index contributed by atoms with van der Waals surface area (Å²) in [5.74, 6) is 1.23. The van der Waals surface area contributed by atoms with Crippen molar-refractivity contribution in [3.63, 3.8) is 0 Å². The van der Waals surface area contributed by atoms with Crippen molar-refractivity contribution in [1.82, 2.24) is 15.0 Å². The van der Waals surface area contributed by atoms with Crippen molar-refractivity contribution in [1.29, 1.82) is 0 Å². The fraction of sp³-hybridized carbons (Fsp3) is 0.500. The molecule has 0 amide bonds. The van der Waals surface area contributed by atoms with E-state index in [1.54, 1.807) is 20.0 Å². The van der Waals surface area contributed by atoms with Crippen LogP contribution in [-0.2, 0) is 5.60 Å². The summed E-state index contributed by atoms with van der Waals surface area (Å²) in [6, 6.07) is 1.82. The Balaban J connectivity index is 2.68. The standard InChI is InChI=1S/C12H17N3O/c1-7(2)10-14-9-8(12(3,4)16)5-6-13-11(9)15-10/h5-7,16H,1-4H3,(H,13,14,15). The summed E-state index contributed by atoms with van der Waals surface area (Å²) in [4.78, 5) is 11.9. The first-order valence-corrected chi connectivity index (χ1v) is 5.47. The molecule has 0 fully saturated rings. The van der Waals surface area contributed by atoms with E-state index < -0.39 is 5.60 Å². The maximum Gasteiger partial charge on any atom is 0.178 e. The van der Waals surface area contributed by atoms with Crippen LogP contribution in [0.4, 0.5) is 0 Å². The summed E-state index contributed by atoms with van der Waals surface area (Å²) in [7, 11) is 0. The summed E-state index contributed by atoms with van der Waals surface area (Å²) < 4.78 is 0. The van der Waals surface area contributed by atoms with Gasteiger partial charge in [-0.25, -0.2) is 9.97 Å². The van der Waals surface area contributed by atoms with E-state index in [1.165, 1.54) is 0 Å². The van der Waals surface area contributed by atoms with Gasteiger partial charge in [-0.15, -0.1) is 0 Å². The van der Waals surface area contributed by atoms with Crippen LogP contribution in [0.3, 0.4) is 0 Å². The molecule has 4 nitrogen and oxygen atoms in total. The minimum Gasteiger partial charge on any atom is -0.386 e. The minimum absolute atomic E-state index is 0.323. The third-order valence-electron chi connectivity index (χ3n) is 2.62. The van der Waals surface area contributed by atoms with Crippen molar-refractivity contribution in [3.8, 4) is 0 Å². The van der Waals surface area contributed by atoms with E-state index in [2.05, 4.69) is 28.8 Å². The summed E-state index contributed by atoms with van der Waals surface area (Å²) in [5.41, 5.74) is 1.45. The first-order chi connectivity index (χ1) is 7.39. The molecule has 0 aliphatic heterocycles. The molecule has 2 heterocycles. The van der Waals surface area contributed by atoms with Crippen LogP contribution in [0.1, 0.15) is 45.0 Å². The van der Waals surface area contributed by atoms with Gasteiger partial charge in [-0.1, -0.05) is 13.8 Å². The summed E-state index contributed by atoms with van der Waals surface area (Å²) in [6.07, 6.45) is 1.68. The van der Waals surface area contributed by atoms with Crippen molar-refractivity contribution in [3.05, 3.63) is 23.7 Å². The molecule has 0 saturated carbocycles. The van der Waals surface area contributed by atoms with E-state index in [1.807, 2.05) is 6.07 Å². The lowest BCUT2D eigenvalue weighted by Crippen LogP contribution is -2.16. The molecule has 0 aromatic carbocycles. The van der Waals surface area contributed by atoms with Gasteiger partial charge in [0.05, 0.1) is 11.1 Å². The Kier molecular flexibility index (Phi) is 2.46. The van der Waals surface area contributed by atoms with Crippen LogP contribution in [0.25, 0.3) is 11.2 Å². The van der Waals surface area contributed by atoms with Gasteiger partial charge in [-0.3, -0.25) is 0 Å². The number of aromatic amines is 1. The number of imidazole rings is 1. The Hall–Kier alpha value is -1.42. The monoisotopic (exact) mass is 219 g/mol. The quantitative estimate of drug-likeness (QED) is 0.814. The van der Waals surface area contributed by atoms with Gasteiger partial charge in [-0.05, 0) is 19.9 Å². The van der Waals surface area contributed by atoms with Crippen LogP contribution in [0.2, 0.25) is 0 Å². The molecule has 16 heavy (non-hydrogen) atoms. The Morgan fingerprint density at radius 3 is 2.62 bits per heavy atom. The van der Waals surface area contributed by atoms with Gasteiger partial charge < -0.3 is 10.1 Å². The maximum absolute atomic E-state index is 10.1. The van der Waals surface area contributed by atoms with Crippen molar-refractivity contribution < 1.29 is 5.11 Å². The lowest BCUT2D eigenvalue weighted by atomic mass is 9.99. The molecule has 0 spiro atoms. The number of rotatable bonds is 2. The molecule has 0 saturated heterocycles. The fourth-order valence-electron chi connectivity index (χ4n) is 1.71. The SMILES string of the molecule is CC(C)c1nc2nccc(C(C)(C)O)c2[nH]1. The third-order valence-corrected chi connectivity index (χ3v) is 2.62. The van der Waals surface area contributed by atoms with E-state index in [4.69, 9.17) is 0 Å². The first kappa shape index (κ1) is 11.1. The highest BCUT2D eigenvalue weighted by atomic mass is 16.3. The molecule has 4 heteroatoms. The van der Waals surface area contributed by atoms with Gasteiger partial charge in [0.1, 0.15) is 5.82 Å². The molecule has 0 radical (unpaired) electrons. The second-order valence-electron chi connectivity index (χ2n) is 4.89. The zero-order chi connectivity index (χ0) is 11.9. The number of nitrogens with zero attached hydrogens (tertiary/aromatic N) is 2. The van der Waals surface area contributed by atoms with E-state index in [0.717, 1.165) is 16.9 Å². The van der Waals surface area contributed by atoms with Gasteiger partial charge >= 0.3 is 0 Å². The molecule has 2 aromatic heterocycles. The Morgan fingerprint density at radius 1 is 1.38 bits per heavy atom. The van der Waals surface area contributed by atoms with Crippen LogP contribution in [0.5, 0.6) is 0 Å². The van der Waals surface area contributed by atoms with Crippen LogP contribution in [-0.4, -0.2) is 20.1 Å². The normalized spacial score (nSPS) is 12.6. The lowest BCUT2D eigenvalue weighted by Gasteiger charge is -2.17. The van der Waals surface area contributed by atoms with Crippen molar-refractivity contribution in [2.45, 2.75) is 39.2 Å². The van der Waals surface area contributed by atoms with Crippen LogP contribution in [0.15, 0.2) is 12.3 Å². The third kappa shape index (κ3) is 1.80. The van der Waals surface area contributed by atoms with E-state index in [-0.39, 0.29) is 0 Å². The van der Waals surface area contributed by atoms with Crippen LogP contribution in [0, 0.1) is 0 Å². The topological polar surface area (TPSA) is 61.8 Å². The second kappa shape index (κ2) is 3.56. The molecule has 2 aromatic rings. The van der Waals surface area contributed by atoms with E-state index in [9.17, 15) is 5.11 Å². The van der Waals surface area contributed by atoms with Crippen molar-refractivity contribution >= 4 is 11.2 Å². The number of H-pyrrole nitrogens is 1. The molecule has 0 unspecified atom stereocenters. The molecular formula is C12H17N3O. The first-order valence-electron chi connectivity index (χ1n) is 5.47. The molecule has 0 aliphatic rings. The molecule has 2 rings (SSSR count). The molecule has 86 valence electrons. The highest BCUT2D eigenvalue weighted by Crippen LogP contribution is 2.26. The smallest absolute Gasteiger partial charge is 0.178 e. The largest absolute Gasteiger partial charge is 0.386 e. The average Bonchev–Trinajstić information content (AvgIpc) is 2.58. The number of pyridine rings is 1. The number of aliphatic hydroxyl groups is 1. The number of nitrogens with one attached hydrogen (secondary N) is 1. The minimum atomic E-state index is -0.887. The highest BCUT2D eigenvalue weighted by Gasteiger charge is 2.21. The lowest BCUT2D eigenvalue weighted by molar-refractivity contribution is 0.0799. The van der Waals surface area contributed by atoms with Crippen molar-refractivity contribution in [2.24, 2.45) is 0 Å². The van der Waals surface area contributed by atoms with Crippen LogP contribution < -0.4 is 0 Å². The van der Waals surface area contributed by atoms with Gasteiger partial charge in [-0.2, -0.15) is 0 Å². The highest BCUT2D eigenvalue weighted by molar-refractivity contribution is 5.75. The predicted molar refractivity (Wildman–Crippen MR) is 63.2 cm³/mol. The molecular weight excluding hydrogens is 202 g/mol. The number of hydrogen-bond donors (Lipinski definition) is 2. The number of aromatic nitrogens is 3. The molecule has 0 atom stereocenters. The zero-order valence-corrected chi connectivity index (χ0v) is 10.1. The van der Waals surface area contributed by atoms with Gasteiger partial charge in [0, 0.05) is 17.7 Å². The predicted octanol–water partition coefficient (Wildman–Crippen LogP) is 2.31. The maximum atomic E-state index is 10.1. The Labute approximate surface area is 94.7 Å². The van der Waals surface area contributed by atoms with Crippen molar-refractivity contribution in [2.75, 3.05) is 0 Å². The molecule has 0 bridgehead atoms. The van der Waals surface area contributed by atoms with Gasteiger partial charge in [0.15, 0.2) is 5.65 Å². The summed E-state index contributed by atoms with van der Waals surface area (Å²) in [6.45, 7) is 7.66. The Bertz CT molecular complexity index is 508.